The van der Waals surface area contributed by atoms with Gasteiger partial charge in [0.2, 0.25) is 0 Å². The highest BCUT2D eigenvalue weighted by Gasteiger charge is 2.14. The summed E-state index contributed by atoms with van der Waals surface area (Å²) in [5, 5.41) is 4.90. The van der Waals surface area contributed by atoms with Gasteiger partial charge in [0.25, 0.3) is 11.5 Å². The molecule has 0 saturated heterocycles. The standard InChI is InChI=1S/C24H20N4O3S/c1-31-19-13-11-18(12-14-19)28-23(30)20-9-5-6-10-21(20)26-24(28)32-16-22(29)27-25-15-17-7-3-2-4-8-17/h2-15H,16H2,1H3,(H,27,29)/b25-15+. The third-order valence-electron chi connectivity index (χ3n) is 4.61. The first kappa shape index (κ1) is 21.3. The topological polar surface area (TPSA) is 85.6 Å². The molecule has 1 aromatic heterocycles. The number of methoxy groups -OCH3 is 1. The fourth-order valence-corrected chi connectivity index (χ4v) is 3.85. The smallest absolute Gasteiger partial charge is 0.266 e. The number of carbonyl (C=O) groups is 1. The van der Waals surface area contributed by atoms with Crippen LogP contribution in [0.1, 0.15) is 5.56 Å². The average molecular weight is 445 g/mol. The Labute approximate surface area is 188 Å². The first-order valence-electron chi connectivity index (χ1n) is 9.81. The van der Waals surface area contributed by atoms with Crippen LogP contribution in [0.15, 0.2) is 93.9 Å². The molecule has 7 nitrogen and oxygen atoms in total. The lowest BCUT2D eigenvalue weighted by Gasteiger charge is -2.13. The van der Waals surface area contributed by atoms with Crippen LogP contribution in [0.25, 0.3) is 16.6 Å². The molecule has 1 N–H and O–H groups in total. The van der Waals surface area contributed by atoms with Gasteiger partial charge in [-0.05, 0) is 42.0 Å². The van der Waals surface area contributed by atoms with Gasteiger partial charge in [-0.3, -0.25) is 14.2 Å². The number of rotatable bonds is 7. The number of thioether (sulfide) groups is 1. The van der Waals surface area contributed by atoms with E-state index >= 15 is 0 Å². The minimum absolute atomic E-state index is 0.0487. The van der Waals surface area contributed by atoms with Gasteiger partial charge >= 0.3 is 0 Å². The Morgan fingerprint density at radius 1 is 1.06 bits per heavy atom. The van der Waals surface area contributed by atoms with E-state index in [1.165, 1.54) is 16.3 Å². The number of hydrazone groups is 1. The zero-order valence-electron chi connectivity index (χ0n) is 17.3. The van der Waals surface area contributed by atoms with Crippen molar-refractivity contribution in [3.63, 3.8) is 0 Å². The van der Waals surface area contributed by atoms with Gasteiger partial charge in [0.05, 0.1) is 35.7 Å². The number of nitrogens with one attached hydrogen (secondary N) is 1. The summed E-state index contributed by atoms with van der Waals surface area (Å²) in [6.45, 7) is 0. The van der Waals surface area contributed by atoms with Crippen molar-refractivity contribution in [2.75, 3.05) is 12.9 Å². The summed E-state index contributed by atoms with van der Waals surface area (Å²) < 4.78 is 6.72. The molecule has 0 spiro atoms. The zero-order valence-corrected chi connectivity index (χ0v) is 18.1. The van der Waals surface area contributed by atoms with Crippen LogP contribution in [0.3, 0.4) is 0 Å². The van der Waals surface area contributed by atoms with E-state index in [2.05, 4.69) is 15.5 Å². The van der Waals surface area contributed by atoms with Gasteiger partial charge in [-0.2, -0.15) is 5.10 Å². The molecule has 0 atom stereocenters. The lowest BCUT2D eigenvalue weighted by Crippen LogP contribution is -2.24. The molecule has 160 valence electrons. The second-order valence-corrected chi connectivity index (χ2v) is 7.69. The van der Waals surface area contributed by atoms with Crippen LogP contribution in [0.2, 0.25) is 0 Å². The lowest BCUT2D eigenvalue weighted by atomic mass is 10.2. The summed E-state index contributed by atoms with van der Waals surface area (Å²) >= 11 is 1.17. The van der Waals surface area contributed by atoms with Gasteiger partial charge in [0, 0.05) is 0 Å². The van der Waals surface area contributed by atoms with Crippen molar-refractivity contribution in [1.82, 2.24) is 15.0 Å². The van der Waals surface area contributed by atoms with E-state index in [1.54, 1.807) is 55.8 Å². The number of hydrogen-bond donors (Lipinski definition) is 1. The number of aromatic nitrogens is 2. The molecule has 0 bridgehead atoms. The molecular weight excluding hydrogens is 424 g/mol. The largest absolute Gasteiger partial charge is 0.497 e. The fourth-order valence-electron chi connectivity index (χ4n) is 3.05. The first-order valence-corrected chi connectivity index (χ1v) is 10.8. The number of carbonyl (C=O) groups excluding carboxylic acids is 1. The average Bonchev–Trinajstić information content (AvgIpc) is 2.84. The lowest BCUT2D eigenvalue weighted by molar-refractivity contribution is -0.118. The summed E-state index contributed by atoms with van der Waals surface area (Å²) in [6.07, 6.45) is 1.57. The Kier molecular flexibility index (Phi) is 6.62. The quantitative estimate of drug-likeness (QED) is 0.204. The van der Waals surface area contributed by atoms with Crippen molar-refractivity contribution in [2.45, 2.75) is 5.16 Å². The Morgan fingerprint density at radius 3 is 2.53 bits per heavy atom. The van der Waals surface area contributed by atoms with Gasteiger partial charge in [-0.1, -0.05) is 54.2 Å². The maximum atomic E-state index is 13.2. The molecule has 0 aliphatic carbocycles. The molecule has 4 rings (SSSR count). The van der Waals surface area contributed by atoms with E-state index in [4.69, 9.17) is 4.74 Å². The highest BCUT2D eigenvalue weighted by Crippen LogP contribution is 2.22. The molecule has 0 saturated carbocycles. The van der Waals surface area contributed by atoms with Gasteiger partial charge in [0.15, 0.2) is 5.16 Å². The molecule has 3 aromatic carbocycles. The molecule has 0 fully saturated rings. The van der Waals surface area contributed by atoms with Gasteiger partial charge in [-0.25, -0.2) is 10.4 Å². The van der Waals surface area contributed by atoms with Crippen LogP contribution in [-0.2, 0) is 4.79 Å². The number of nitrogens with zero attached hydrogens (tertiary/aromatic N) is 3. The third-order valence-corrected chi connectivity index (χ3v) is 5.55. The number of para-hydroxylation sites is 1. The summed E-state index contributed by atoms with van der Waals surface area (Å²) in [6, 6.07) is 23.7. The Bertz CT molecular complexity index is 1320. The third kappa shape index (κ3) is 4.87. The van der Waals surface area contributed by atoms with Crippen molar-refractivity contribution < 1.29 is 9.53 Å². The monoisotopic (exact) mass is 444 g/mol. The minimum Gasteiger partial charge on any atom is -0.497 e. The second kappa shape index (κ2) is 9.93. The van der Waals surface area contributed by atoms with E-state index in [0.717, 1.165) is 5.56 Å². The van der Waals surface area contributed by atoms with Crippen LogP contribution in [0.4, 0.5) is 0 Å². The van der Waals surface area contributed by atoms with Gasteiger partial charge < -0.3 is 4.74 Å². The van der Waals surface area contributed by atoms with E-state index in [-0.39, 0.29) is 17.2 Å². The molecule has 0 aliphatic rings. The number of hydrogen-bond acceptors (Lipinski definition) is 6. The van der Waals surface area contributed by atoms with E-state index in [9.17, 15) is 9.59 Å². The molecular formula is C24H20N4O3S. The number of amides is 1. The predicted molar refractivity (Wildman–Crippen MR) is 127 cm³/mol. The Hall–Kier alpha value is -3.91. The predicted octanol–water partition coefficient (Wildman–Crippen LogP) is 3.64. The van der Waals surface area contributed by atoms with Crippen molar-refractivity contribution >= 4 is 34.8 Å². The maximum absolute atomic E-state index is 13.2. The fraction of sp³-hybridized carbons (Fsp3) is 0.0833. The number of benzene rings is 3. The maximum Gasteiger partial charge on any atom is 0.266 e. The first-order chi connectivity index (χ1) is 15.7. The van der Waals surface area contributed by atoms with Crippen molar-refractivity contribution in [3.05, 3.63) is 94.8 Å². The van der Waals surface area contributed by atoms with Crippen LogP contribution in [-0.4, -0.2) is 34.5 Å². The van der Waals surface area contributed by atoms with Crippen LogP contribution in [0.5, 0.6) is 5.75 Å². The molecule has 0 unspecified atom stereocenters. The molecule has 1 amide bonds. The van der Waals surface area contributed by atoms with Gasteiger partial charge in [-0.15, -0.1) is 0 Å². The number of ether oxygens (including phenoxy) is 1. The number of fused-ring (bicyclic) bond motifs is 1. The molecule has 0 radical (unpaired) electrons. The molecule has 1 heterocycles. The van der Waals surface area contributed by atoms with Crippen molar-refractivity contribution in [3.8, 4) is 11.4 Å². The van der Waals surface area contributed by atoms with Crippen LogP contribution in [0, 0.1) is 0 Å². The van der Waals surface area contributed by atoms with Crippen molar-refractivity contribution in [2.24, 2.45) is 5.10 Å². The summed E-state index contributed by atoms with van der Waals surface area (Å²) in [4.78, 5) is 30.2. The molecule has 4 aromatic rings. The van der Waals surface area contributed by atoms with Crippen molar-refractivity contribution in [1.29, 1.82) is 0 Å². The summed E-state index contributed by atoms with van der Waals surface area (Å²) in [5.41, 5.74) is 4.40. The highest BCUT2D eigenvalue weighted by atomic mass is 32.2. The Balaban J connectivity index is 1.58. The summed E-state index contributed by atoms with van der Waals surface area (Å²) in [5.74, 6) is 0.429. The highest BCUT2D eigenvalue weighted by molar-refractivity contribution is 7.99. The van der Waals surface area contributed by atoms with Crippen LogP contribution >= 0.6 is 11.8 Å². The summed E-state index contributed by atoms with van der Waals surface area (Å²) in [7, 11) is 1.58. The van der Waals surface area contributed by atoms with E-state index < -0.39 is 0 Å². The Morgan fingerprint density at radius 2 is 1.78 bits per heavy atom. The van der Waals surface area contributed by atoms with Gasteiger partial charge in [0.1, 0.15) is 5.75 Å². The van der Waals surface area contributed by atoms with E-state index in [0.29, 0.717) is 27.5 Å². The molecule has 0 aliphatic heterocycles. The molecule has 32 heavy (non-hydrogen) atoms. The van der Waals surface area contributed by atoms with E-state index in [1.807, 2.05) is 36.4 Å². The second-order valence-electron chi connectivity index (χ2n) is 6.74. The minimum atomic E-state index is -0.300. The normalized spacial score (nSPS) is 11.0. The zero-order chi connectivity index (χ0) is 22.3. The van der Waals surface area contributed by atoms with Crippen LogP contribution < -0.4 is 15.7 Å². The molecule has 8 heteroatoms. The SMILES string of the molecule is COc1ccc(-n2c(SCC(=O)N/N=C/c3ccccc3)nc3ccccc3c2=O)cc1.